The summed E-state index contributed by atoms with van der Waals surface area (Å²) in [6.45, 7) is 6.06. The minimum absolute atomic E-state index is 0.171. The largest absolute Gasteiger partial charge is 0.493 e. The predicted octanol–water partition coefficient (Wildman–Crippen LogP) is 3.77. The number of benzene rings is 1. The molecule has 1 amide bonds. The van der Waals surface area contributed by atoms with Crippen LogP contribution in [-0.2, 0) is 6.42 Å². The second kappa shape index (κ2) is 6.35. The molecule has 0 unspecified atom stereocenters. The summed E-state index contributed by atoms with van der Waals surface area (Å²) >= 11 is 0. The van der Waals surface area contributed by atoms with Crippen molar-refractivity contribution in [2.45, 2.75) is 27.2 Å². The average molecular weight is 323 g/mol. The van der Waals surface area contributed by atoms with Crippen LogP contribution in [0.5, 0.6) is 5.75 Å². The van der Waals surface area contributed by atoms with Gasteiger partial charge in [0.2, 0.25) is 0 Å². The van der Waals surface area contributed by atoms with Crippen molar-refractivity contribution in [3.63, 3.8) is 0 Å². The Morgan fingerprint density at radius 2 is 2.04 bits per heavy atom. The SMILES string of the molecule is CCc1nc2c(OC)cccn2c1C(=O)Nc1ccc(C)c(C)c1. The first kappa shape index (κ1) is 16.1. The zero-order chi connectivity index (χ0) is 17.3. The van der Waals surface area contributed by atoms with Gasteiger partial charge in [-0.05, 0) is 55.7 Å². The third kappa shape index (κ3) is 2.73. The van der Waals surface area contributed by atoms with Crippen molar-refractivity contribution in [1.29, 1.82) is 0 Å². The first-order valence-electron chi connectivity index (χ1n) is 7.97. The van der Waals surface area contributed by atoms with E-state index in [9.17, 15) is 4.79 Å². The van der Waals surface area contributed by atoms with Gasteiger partial charge in [-0.2, -0.15) is 0 Å². The fourth-order valence-corrected chi connectivity index (χ4v) is 2.75. The van der Waals surface area contributed by atoms with Crippen molar-refractivity contribution in [2.24, 2.45) is 0 Å². The summed E-state index contributed by atoms with van der Waals surface area (Å²) in [6.07, 6.45) is 2.50. The Morgan fingerprint density at radius 1 is 1.25 bits per heavy atom. The molecule has 2 aromatic heterocycles. The molecule has 0 saturated heterocycles. The second-order valence-electron chi connectivity index (χ2n) is 5.78. The summed E-state index contributed by atoms with van der Waals surface area (Å²) in [4.78, 5) is 17.4. The maximum Gasteiger partial charge on any atom is 0.274 e. The van der Waals surface area contributed by atoms with Gasteiger partial charge in [-0.25, -0.2) is 4.98 Å². The minimum Gasteiger partial charge on any atom is -0.493 e. The van der Waals surface area contributed by atoms with Crippen molar-refractivity contribution in [1.82, 2.24) is 9.38 Å². The molecule has 3 rings (SSSR count). The molecule has 3 aromatic rings. The quantitative estimate of drug-likeness (QED) is 0.795. The van der Waals surface area contributed by atoms with Crippen molar-refractivity contribution in [3.8, 4) is 5.75 Å². The van der Waals surface area contributed by atoms with Crippen LogP contribution in [0.25, 0.3) is 5.65 Å². The molecule has 0 radical (unpaired) electrons. The van der Waals surface area contributed by atoms with Gasteiger partial charge >= 0.3 is 0 Å². The number of carbonyl (C=O) groups is 1. The van der Waals surface area contributed by atoms with Gasteiger partial charge < -0.3 is 10.1 Å². The lowest BCUT2D eigenvalue weighted by Gasteiger charge is -2.09. The number of rotatable bonds is 4. The maximum absolute atomic E-state index is 12.9. The molecule has 0 fully saturated rings. The summed E-state index contributed by atoms with van der Waals surface area (Å²) in [7, 11) is 1.60. The highest BCUT2D eigenvalue weighted by atomic mass is 16.5. The molecule has 0 saturated carbocycles. The van der Waals surface area contributed by atoms with Gasteiger partial charge in [0.15, 0.2) is 11.4 Å². The number of hydrogen-bond donors (Lipinski definition) is 1. The van der Waals surface area contributed by atoms with Crippen molar-refractivity contribution >= 4 is 17.2 Å². The molecule has 24 heavy (non-hydrogen) atoms. The van der Waals surface area contributed by atoms with E-state index < -0.39 is 0 Å². The molecular formula is C19H21N3O2. The topological polar surface area (TPSA) is 55.6 Å². The number of methoxy groups -OCH3 is 1. The number of nitrogens with one attached hydrogen (secondary N) is 1. The van der Waals surface area contributed by atoms with Gasteiger partial charge in [0.1, 0.15) is 5.69 Å². The molecule has 0 aliphatic rings. The number of hydrogen-bond acceptors (Lipinski definition) is 3. The van der Waals surface area contributed by atoms with E-state index in [1.165, 1.54) is 5.56 Å². The molecule has 0 spiro atoms. The number of anilines is 1. The fraction of sp³-hybridized carbons (Fsp3) is 0.263. The van der Waals surface area contributed by atoms with Crippen LogP contribution in [0.1, 0.15) is 34.2 Å². The summed E-state index contributed by atoms with van der Waals surface area (Å²) in [5.41, 5.74) is 5.07. The van der Waals surface area contributed by atoms with Crippen LogP contribution in [0.15, 0.2) is 36.5 Å². The number of aryl methyl sites for hydroxylation is 3. The van der Waals surface area contributed by atoms with E-state index in [0.29, 0.717) is 23.5 Å². The monoisotopic (exact) mass is 323 g/mol. The van der Waals surface area contributed by atoms with Crippen molar-refractivity contribution in [3.05, 3.63) is 59.0 Å². The van der Waals surface area contributed by atoms with Crippen LogP contribution >= 0.6 is 0 Å². The molecule has 5 heteroatoms. The van der Waals surface area contributed by atoms with Crippen molar-refractivity contribution in [2.75, 3.05) is 12.4 Å². The normalized spacial score (nSPS) is 10.8. The lowest BCUT2D eigenvalue weighted by molar-refractivity contribution is 0.102. The Hall–Kier alpha value is -2.82. The van der Waals surface area contributed by atoms with Crippen molar-refractivity contribution < 1.29 is 9.53 Å². The zero-order valence-corrected chi connectivity index (χ0v) is 14.4. The Labute approximate surface area is 141 Å². The molecular weight excluding hydrogens is 302 g/mol. The predicted molar refractivity (Wildman–Crippen MR) is 95.0 cm³/mol. The third-order valence-electron chi connectivity index (χ3n) is 4.22. The smallest absolute Gasteiger partial charge is 0.274 e. The summed E-state index contributed by atoms with van der Waals surface area (Å²) < 4.78 is 7.14. The summed E-state index contributed by atoms with van der Waals surface area (Å²) in [6, 6.07) is 9.58. The first-order chi connectivity index (χ1) is 11.5. The van der Waals surface area contributed by atoms with Crippen LogP contribution < -0.4 is 10.1 Å². The van der Waals surface area contributed by atoms with Gasteiger partial charge in [0.05, 0.1) is 12.8 Å². The van der Waals surface area contributed by atoms with Gasteiger partial charge in [-0.15, -0.1) is 0 Å². The highest BCUT2D eigenvalue weighted by Gasteiger charge is 2.20. The number of imidazole rings is 1. The first-order valence-corrected chi connectivity index (χ1v) is 7.97. The molecule has 5 nitrogen and oxygen atoms in total. The minimum atomic E-state index is -0.171. The van der Waals surface area contributed by atoms with E-state index in [2.05, 4.69) is 10.3 Å². The number of carbonyl (C=O) groups excluding carboxylic acids is 1. The number of amides is 1. The molecule has 1 aromatic carbocycles. The van der Waals surface area contributed by atoms with Crippen LogP contribution in [0.4, 0.5) is 5.69 Å². The van der Waals surface area contributed by atoms with E-state index in [-0.39, 0.29) is 5.91 Å². The van der Waals surface area contributed by atoms with Crippen LogP contribution in [0.3, 0.4) is 0 Å². The Bertz CT molecular complexity index is 912. The lowest BCUT2D eigenvalue weighted by atomic mass is 10.1. The molecule has 0 aliphatic heterocycles. The number of pyridine rings is 1. The van der Waals surface area contributed by atoms with E-state index >= 15 is 0 Å². The van der Waals surface area contributed by atoms with Gasteiger partial charge in [-0.1, -0.05) is 13.0 Å². The van der Waals surface area contributed by atoms with E-state index in [0.717, 1.165) is 16.9 Å². The van der Waals surface area contributed by atoms with Gasteiger partial charge in [0.25, 0.3) is 5.91 Å². The molecule has 2 heterocycles. The van der Waals surface area contributed by atoms with Crippen LogP contribution in [0, 0.1) is 13.8 Å². The third-order valence-corrected chi connectivity index (χ3v) is 4.22. The Kier molecular flexibility index (Phi) is 4.25. The fourth-order valence-electron chi connectivity index (χ4n) is 2.75. The highest BCUT2D eigenvalue weighted by Crippen LogP contribution is 2.23. The number of aromatic nitrogens is 2. The average Bonchev–Trinajstić information content (AvgIpc) is 2.96. The maximum atomic E-state index is 12.9. The van der Waals surface area contributed by atoms with E-state index in [4.69, 9.17) is 4.74 Å². The number of fused-ring (bicyclic) bond motifs is 1. The Morgan fingerprint density at radius 3 is 2.71 bits per heavy atom. The molecule has 0 bridgehead atoms. The molecule has 0 aliphatic carbocycles. The standard InChI is InChI=1S/C19H21N3O2/c1-5-15-17(22-10-6-7-16(24-4)18(22)21-15)19(23)20-14-9-8-12(2)13(3)11-14/h6-11H,5H2,1-4H3,(H,20,23). The van der Waals surface area contributed by atoms with Crippen LogP contribution in [-0.4, -0.2) is 22.4 Å². The summed E-state index contributed by atoms with van der Waals surface area (Å²) in [5.74, 6) is 0.480. The molecule has 1 N–H and O–H groups in total. The Balaban J connectivity index is 2.04. The number of ether oxygens (including phenoxy) is 1. The second-order valence-corrected chi connectivity index (χ2v) is 5.78. The van der Waals surface area contributed by atoms with E-state index in [1.54, 1.807) is 11.5 Å². The highest BCUT2D eigenvalue weighted by molar-refractivity contribution is 6.04. The van der Waals surface area contributed by atoms with Gasteiger partial charge in [-0.3, -0.25) is 9.20 Å². The van der Waals surface area contributed by atoms with Crippen LogP contribution in [0.2, 0.25) is 0 Å². The lowest BCUT2D eigenvalue weighted by Crippen LogP contribution is -2.16. The summed E-state index contributed by atoms with van der Waals surface area (Å²) in [5, 5.41) is 2.98. The van der Waals surface area contributed by atoms with Gasteiger partial charge in [0, 0.05) is 11.9 Å². The molecule has 124 valence electrons. The van der Waals surface area contributed by atoms with E-state index in [1.807, 2.05) is 57.3 Å². The number of nitrogens with zero attached hydrogens (tertiary/aromatic N) is 2. The molecule has 0 atom stereocenters. The zero-order valence-electron chi connectivity index (χ0n) is 14.4.